The molecule has 1 amide bonds. The summed E-state index contributed by atoms with van der Waals surface area (Å²) in [5, 5.41) is 2.56. The Morgan fingerprint density at radius 3 is 2.08 bits per heavy atom. The van der Waals surface area contributed by atoms with Crippen molar-refractivity contribution in [2.24, 2.45) is 0 Å². The van der Waals surface area contributed by atoms with Crippen LogP contribution in [0.5, 0.6) is 5.75 Å². The Morgan fingerprint density at radius 1 is 0.960 bits per heavy atom. The van der Waals surface area contributed by atoms with Gasteiger partial charge in [0.05, 0.1) is 0 Å². The van der Waals surface area contributed by atoms with Crippen LogP contribution in [0.25, 0.3) is 0 Å². The minimum atomic E-state index is -3.96. The Labute approximate surface area is 146 Å². The number of aryl methyl sites for hydroxylation is 1. The van der Waals surface area contributed by atoms with Gasteiger partial charge in [0.25, 0.3) is 0 Å². The van der Waals surface area contributed by atoms with Gasteiger partial charge in [-0.3, -0.25) is 4.79 Å². The van der Waals surface area contributed by atoms with E-state index in [9.17, 15) is 18.0 Å². The third-order valence-electron chi connectivity index (χ3n) is 3.36. The summed E-state index contributed by atoms with van der Waals surface area (Å²) >= 11 is 0. The first kappa shape index (κ1) is 18.7. The molecule has 2 rings (SSSR count). The molecule has 2 aromatic carbocycles. The van der Waals surface area contributed by atoms with E-state index in [-0.39, 0.29) is 22.3 Å². The second-order valence-corrected chi connectivity index (χ2v) is 7.14. The van der Waals surface area contributed by atoms with E-state index in [4.69, 9.17) is 4.18 Å². The van der Waals surface area contributed by atoms with E-state index in [0.717, 1.165) is 5.56 Å². The van der Waals surface area contributed by atoms with E-state index in [1.165, 1.54) is 38.1 Å². The van der Waals surface area contributed by atoms with Crippen LogP contribution in [0.4, 0.5) is 5.69 Å². The molecule has 0 aliphatic rings. The SMILES string of the molecule is CC(=O)CCc1ccc(OS(=O)(=O)c2ccc(NC(C)=O)cc2)cc1. The van der Waals surface area contributed by atoms with Gasteiger partial charge in [0.1, 0.15) is 16.4 Å². The van der Waals surface area contributed by atoms with Gasteiger partial charge in [-0.2, -0.15) is 8.42 Å². The molecule has 7 heteroatoms. The van der Waals surface area contributed by atoms with E-state index in [1.807, 2.05) is 0 Å². The summed E-state index contributed by atoms with van der Waals surface area (Å²) in [5.41, 5.74) is 1.43. The van der Waals surface area contributed by atoms with Gasteiger partial charge in [0, 0.05) is 19.0 Å². The molecule has 6 nitrogen and oxygen atoms in total. The lowest BCUT2D eigenvalue weighted by molar-refractivity contribution is -0.117. The van der Waals surface area contributed by atoms with Crippen molar-refractivity contribution in [3.63, 3.8) is 0 Å². The smallest absolute Gasteiger partial charge is 0.339 e. The van der Waals surface area contributed by atoms with Crippen molar-refractivity contribution in [1.29, 1.82) is 0 Å². The molecule has 0 aromatic heterocycles. The number of carbonyl (C=O) groups excluding carboxylic acids is 2. The van der Waals surface area contributed by atoms with Gasteiger partial charge in [-0.15, -0.1) is 0 Å². The molecule has 0 aliphatic carbocycles. The zero-order chi connectivity index (χ0) is 18.4. The number of hydrogen-bond acceptors (Lipinski definition) is 5. The summed E-state index contributed by atoms with van der Waals surface area (Å²) in [7, 11) is -3.96. The Balaban J connectivity index is 2.07. The predicted octanol–water partition coefficient (Wildman–Crippen LogP) is 2.93. The zero-order valence-electron chi connectivity index (χ0n) is 14.0. The van der Waals surface area contributed by atoms with Crippen molar-refractivity contribution in [2.45, 2.75) is 31.6 Å². The van der Waals surface area contributed by atoms with Crippen LogP contribution in [-0.2, 0) is 26.1 Å². The van der Waals surface area contributed by atoms with Crippen LogP contribution in [0.1, 0.15) is 25.8 Å². The van der Waals surface area contributed by atoms with Gasteiger partial charge in [-0.1, -0.05) is 12.1 Å². The molecule has 2 aromatic rings. The monoisotopic (exact) mass is 361 g/mol. The molecular weight excluding hydrogens is 342 g/mol. The fourth-order valence-corrected chi connectivity index (χ4v) is 3.05. The summed E-state index contributed by atoms with van der Waals surface area (Å²) in [4.78, 5) is 21.9. The van der Waals surface area contributed by atoms with E-state index >= 15 is 0 Å². The highest BCUT2D eigenvalue weighted by Gasteiger charge is 2.16. The quantitative estimate of drug-likeness (QED) is 0.766. The highest BCUT2D eigenvalue weighted by molar-refractivity contribution is 7.87. The second-order valence-electron chi connectivity index (χ2n) is 5.59. The van der Waals surface area contributed by atoms with Crippen LogP contribution < -0.4 is 9.50 Å². The van der Waals surface area contributed by atoms with Crippen molar-refractivity contribution in [3.8, 4) is 5.75 Å². The lowest BCUT2D eigenvalue weighted by Gasteiger charge is -2.09. The fraction of sp³-hybridized carbons (Fsp3) is 0.222. The van der Waals surface area contributed by atoms with Gasteiger partial charge in [-0.05, 0) is 55.3 Å². The average molecular weight is 361 g/mol. The minimum absolute atomic E-state index is 0.0118. The lowest BCUT2D eigenvalue weighted by Crippen LogP contribution is -2.10. The van der Waals surface area contributed by atoms with Crippen molar-refractivity contribution in [3.05, 3.63) is 54.1 Å². The molecule has 0 unspecified atom stereocenters. The van der Waals surface area contributed by atoms with E-state index < -0.39 is 10.1 Å². The molecular formula is C18H19NO5S. The fourth-order valence-electron chi connectivity index (χ4n) is 2.12. The third-order valence-corrected chi connectivity index (χ3v) is 4.62. The van der Waals surface area contributed by atoms with E-state index in [2.05, 4.69) is 5.32 Å². The first-order chi connectivity index (χ1) is 11.8. The lowest BCUT2D eigenvalue weighted by atomic mass is 10.1. The third kappa shape index (κ3) is 5.72. The van der Waals surface area contributed by atoms with Crippen LogP contribution in [0.2, 0.25) is 0 Å². The van der Waals surface area contributed by atoms with Crippen molar-refractivity contribution >= 4 is 27.5 Å². The first-order valence-corrected chi connectivity index (χ1v) is 9.07. The van der Waals surface area contributed by atoms with Crippen molar-refractivity contribution < 1.29 is 22.2 Å². The summed E-state index contributed by atoms with van der Waals surface area (Å²) in [6.07, 6.45) is 1.05. The Bertz CT molecular complexity index is 855. The molecule has 0 spiro atoms. The average Bonchev–Trinajstić information content (AvgIpc) is 2.54. The Hall–Kier alpha value is -2.67. The van der Waals surface area contributed by atoms with Crippen LogP contribution in [-0.4, -0.2) is 20.1 Å². The molecule has 132 valence electrons. The van der Waals surface area contributed by atoms with Gasteiger partial charge < -0.3 is 14.3 Å². The number of hydrogen-bond donors (Lipinski definition) is 1. The minimum Gasteiger partial charge on any atom is -0.379 e. The normalized spacial score (nSPS) is 11.0. The number of amides is 1. The first-order valence-electron chi connectivity index (χ1n) is 7.67. The second kappa shape index (κ2) is 7.94. The maximum atomic E-state index is 12.3. The number of nitrogens with one attached hydrogen (secondary N) is 1. The number of ketones is 1. The molecule has 1 N–H and O–H groups in total. The van der Waals surface area contributed by atoms with Crippen LogP contribution >= 0.6 is 0 Å². The summed E-state index contributed by atoms with van der Waals surface area (Å²) in [6, 6.07) is 12.3. The molecule has 0 saturated carbocycles. The summed E-state index contributed by atoms with van der Waals surface area (Å²) in [6.45, 7) is 2.90. The highest BCUT2D eigenvalue weighted by atomic mass is 32.2. The predicted molar refractivity (Wildman–Crippen MR) is 94.0 cm³/mol. The van der Waals surface area contributed by atoms with Crippen molar-refractivity contribution in [2.75, 3.05) is 5.32 Å². The van der Waals surface area contributed by atoms with Gasteiger partial charge in [0.15, 0.2) is 0 Å². The topological polar surface area (TPSA) is 89.5 Å². The van der Waals surface area contributed by atoms with Crippen LogP contribution in [0.15, 0.2) is 53.4 Å². The zero-order valence-corrected chi connectivity index (χ0v) is 14.8. The molecule has 25 heavy (non-hydrogen) atoms. The summed E-state index contributed by atoms with van der Waals surface area (Å²) in [5.74, 6) is 0.0554. The number of anilines is 1. The van der Waals surface area contributed by atoms with Gasteiger partial charge in [-0.25, -0.2) is 0 Å². The number of rotatable bonds is 7. The van der Waals surface area contributed by atoms with Gasteiger partial charge >= 0.3 is 10.1 Å². The number of benzene rings is 2. The molecule has 0 radical (unpaired) electrons. The number of carbonyl (C=O) groups is 2. The maximum absolute atomic E-state index is 12.3. The standard InChI is InChI=1S/C18H19NO5S/c1-13(20)3-4-15-5-9-17(10-6-15)24-25(22,23)18-11-7-16(8-12-18)19-14(2)21/h5-12H,3-4H2,1-2H3,(H,19,21). The Kier molecular flexibility index (Phi) is 5.93. The van der Waals surface area contributed by atoms with Crippen LogP contribution in [0.3, 0.4) is 0 Å². The number of Topliss-reactive ketones (excluding diaryl/α,β-unsaturated/α-hetero) is 1. The molecule has 0 atom stereocenters. The summed E-state index contributed by atoms with van der Waals surface area (Å²) < 4.78 is 29.7. The highest BCUT2D eigenvalue weighted by Crippen LogP contribution is 2.21. The molecule has 0 bridgehead atoms. The molecule has 0 aliphatic heterocycles. The largest absolute Gasteiger partial charge is 0.379 e. The van der Waals surface area contributed by atoms with Crippen LogP contribution in [0, 0.1) is 0 Å². The van der Waals surface area contributed by atoms with Gasteiger partial charge in [0.2, 0.25) is 5.91 Å². The Morgan fingerprint density at radius 2 is 1.56 bits per heavy atom. The van der Waals surface area contributed by atoms with E-state index in [0.29, 0.717) is 18.5 Å². The molecule has 0 fully saturated rings. The van der Waals surface area contributed by atoms with Crippen molar-refractivity contribution in [1.82, 2.24) is 0 Å². The molecule has 0 heterocycles. The maximum Gasteiger partial charge on any atom is 0.339 e. The van der Waals surface area contributed by atoms with E-state index in [1.54, 1.807) is 24.3 Å². The molecule has 0 saturated heterocycles.